The number of benzene rings is 1. The van der Waals surface area contributed by atoms with Gasteiger partial charge in [0.1, 0.15) is 5.82 Å². The fourth-order valence-electron chi connectivity index (χ4n) is 2.06. The van der Waals surface area contributed by atoms with Crippen LogP contribution in [0.1, 0.15) is 17.8 Å². The van der Waals surface area contributed by atoms with Crippen LogP contribution in [0.2, 0.25) is 0 Å². The zero-order chi connectivity index (χ0) is 13.0. The van der Waals surface area contributed by atoms with Crippen molar-refractivity contribution in [3.63, 3.8) is 0 Å². The third kappa shape index (κ3) is 3.31. The summed E-state index contributed by atoms with van der Waals surface area (Å²) >= 11 is 0. The molecule has 0 unspecified atom stereocenters. The molecular formula is C14H21N3O. The maximum atomic E-state index is 5.05. The first kappa shape index (κ1) is 13.1. The number of nitrogens with zero attached hydrogens (tertiary/aromatic N) is 2. The summed E-state index contributed by atoms with van der Waals surface area (Å²) in [5.74, 6) is 1.02. The molecule has 0 aliphatic rings. The maximum Gasteiger partial charge on any atom is 0.121 e. The van der Waals surface area contributed by atoms with E-state index >= 15 is 0 Å². The molecule has 1 aromatic carbocycles. The van der Waals surface area contributed by atoms with Gasteiger partial charge in [-0.05, 0) is 38.1 Å². The van der Waals surface area contributed by atoms with Crippen LogP contribution in [0.4, 0.5) is 0 Å². The lowest BCUT2D eigenvalue weighted by Gasteiger charge is -2.14. The average molecular weight is 247 g/mol. The lowest BCUT2D eigenvalue weighted by Crippen LogP contribution is -2.20. The molecule has 0 bridgehead atoms. The Morgan fingerprint density at radius 1 is 1.39 bits per heavy atom. The van der Waals surface area contributed by atoms with E-state index in [1.165, 1.54) is 5.56 Å². The second kappa shape index (κ2) is 5.98. The Labute approximate surface area is 108 Å². The van der Waals surface area contributed by atoms with Crippen molar-refractivity contribution in [2.45, 2.75) is 19.9 Å². The number of hydrogen-bond donors (Lipinski definition) is 1. The van der Waals surface area contributed by atoms with Crippen molar-refractivity contribution in [2.75, 3.05) is 27.3 Å². The van der Waals surface area contributed by atoms with Gasteiger partial charge in [0.25, 0.3) is 0 Å². The molecule has 0 amide bonds. The molecule has 0 aliphatic heterocycles. The summed E-state index contributed by atoms with van der Waals surface area (Å²) in [5, 5.41) is 0. The molecule has 18 heavy (non-hydrogen) atoms. The van der Waals surface area contributed by atoms with Gasteiger partial charge < -0.3 is 9.72 Å². The summed E-state index contributed by atoms with van der Waals surface area (Å²) in [5.41, 5.74) is 3.42. The van der Waals surface area contributed by atoms with Crippen LogP contribution in [0.3, 0.4) is 0 Å². The number of ether oxygens (including phenoxy) is 1. The van der Waals surface area contributed by atoms with Crippen molar-refractivity contribution in [1.82, 2.24) is 14.9 Å². The molecule has 0 radical (unpaired) electrons. The number of nitrogens with one attached hydrogen (secondary N) is 1. The van der Waals surface area contributed by atoms with E-state index < -0.39 is 0 Å². The Hall–Kier alpha value is -1.39. The minimum absolute atomic E-state index is 0.809. The number of aromatic nitrogens is 2. The van der Waals surface area contributed by atoms with Crippen LogP contribution in [-0.2, 0) is 11.3 Å². The molecule has 98 valence electrons. The molecule has 0 fully saturated rings. The molecule has 1 N–H and O–H groups in total. The minimum Gasteiger partial charge on any atom is -0.385 e. The fourth-order valence-corrected chi connectivity index (χ4v) is 2.06. The molecule has 2 aromatic rings. The van der Waals surface area contributed by atoms with Crippen LogP contribution >= 0.6 is 0 Å². The van der Waals surface area contributed by atoms with Crippen LogP contribution in [-0.4, -0.2) is 42.2 Å². The molecule has 2 rings (SSSR count). The monoisotopic (exact) mass is 247 g/mol. The number of imidazole rings is 1. The summed E-state index contributed by atoms with van der Waals surface area (Å²) in [4.78, 5) is 10.2. The number of aromatic amines is 1. The third-order valence-corrected chi connectivity index (χ3v) is 2.99. The van der Waals surface area contributed by atoms with Gasteiger partial charge in [-0.1, -0.05) is 6.07 Å². The van der Waals surface area contributed by atoms with E-state index in [0.29, 0.717) is 0 Å². The first-order valence-electron chi connectivity index (χ1n) is 6.32. The lowest BCUT2D eigenvalue weighted by atomic mass is 10.2. The topological polar surface area (TPSA) is 41.1 Å². The summed E-state index contributed by atoms with van der Waals surface area (Å²) in [7, 11) is 3.84. The number of fused-ring (bicyclic) bond motifs is 1. The number of aryl methyl sites for hydroxylation is 1. The first-order valence-corrected chi connectivity index (χ1v) is 6.32. The molecule has 0 saturated carbocycles. The van der Waals surface area contributed by atoms with Gasteiger partial charge in [0.2, 0.25) is 0 Å². The number of hydrogen-bond acceptors (Lipinski definition) is 3. The second-order valence-corrected chi connectivity index (χ2v) is 4.79. The molecule has 1 heterocycles. The van der Waals surface area contributed by atoms with Crippen molar-refractivity contribution < 1.29 is 4.74 Å². The Kier molecular flexibility index (Phi) is 4.33. The van der Waals surface area contributed by atoms with Gasteiger partial charge in [-0.15, -0.1) is 0 Å². The van der Waals surface area contributed by atoms with E-state index in [1.807, 2.05) is 0 Å². The smallest absolute Gasteiger partial charge is 0.121 e. The molecular weight excluding hydrogens is 226 g/mol. The molecule has 0 saturated heterocycles. The number of methoxy groups -OCH3 is 1. The molecule has 1 aromatic heterocycles. The van der Waals surface area contributed by atoms with Crippen LogP contribution in [0.5, 0.6) is 0 Å². The molecule has 0 aliphatic carbocycles. The van der Waals surface area contributed by atoms with Crippen molar-refractivity contribution in [3.05, 3.63) is 29.6 Å². The van der Waals surface area contributed by atoms with Gasteiger partial charge in [0, 0.05) is 20.3 Å². The van der Waals surface area contributed by atoms with Crippen molar-refractivity contribution >= 4 is 11.0 Å². The molecule has 0 atom stereocenters. The standard InChI is InChI=1S/C14H21N3O/c1-11-5-6-12-13(9-11)16-14(15-12)10-17(2)7-4-8-18-3/h5-6,9H,4,7-8,10H2,1-3H3,(H,15,16). The van der Waals surface area contributed by atoms with E-state index in [0.717, 1.165) is 43.0 Å². The zero-order valence-corrected chi connectivity index (χ0v) is 11.4. The molecule has 4 heteroatoms. The van der Waals surface area contributed by atoms with Crippen molar-refractivity contribution in [3.8, 4) is 0 Å². The van der Waals surface area contributed by atoms with Gasteiger partial charge >= 0.3 is 0 Å². The van der Waals surface area contributed by atoms with Gasteiger partial charge in [-0.3, -0.25) is 4.90 Å². The normalized spacial score (nSPS) is 11.6. The van der Waals surface area contributed by atoms with E-state index in [9.17, 15) is 0 Å². The summed E-state index contributed by atoms with van der Waals surface area (Å²) in [6.07, 6.45) is 1.05. The average Bonchev–Trinajstić information content (AvgIpc) is 2.70. The minimum atomic E-state index is 0.809. The van der Waals surface area contributed by atoms with E-state index in [1.54, 1.807) is 7.11 Å². The Morgan fingerprint density at radius 2 is 2.22 bits per heavy atom. The predicted octanol–water partition coefficient (Wildman–Crippen LogP) is 2.34. The quantitative estimate of drug-likeness (QED) is 0.797. The highest BCUT2D eigenvalue weighted by atomic mass is 16.5. The van der Waals surface area contributed by atoms with Gasteiger partial charge in [0.15, 0.2) is 0 Å². The Balaban J connectivity index is 1.98. The second-order valence-electron chi connectivity index (χ2n) is 4.79. The van der Waals surface area contributed by atoms with Crippen LogP contribution in [0.15, 0.2) is 18.2 Å². The summed E-state index contributed by atoms with van der Waals surface area (Å²) in [6, 6.07) is 6.29. The highest BCUT2D eigenvalue weighted by molar-refractivity contribution is 5.75. The molecule has 0 spiro atoms. The van der Waals surface area contributed by atoms with Crippen LogP contribution in [0.25, 0.3) is 11.0 Å². The maximum absolute atomic E-state index is 5.05. The number of H-pyrrole nitrogens is 1. The highest BCUT2D eigenvalue weighted by Gasteiger charge is 2.05. The summed E-state index contributed by atoms with van der Waals surface area (Å²) < 4.78 is 5.05. The number of rotatable bonds is 6. The third-order valence-electron chi connectivity index (χ3n) is 2.99. The first-order chi connectivity index (χ1) is 8.69. The summed E-state index contributed by atoms with van der Waals surface area (Å²) in [6.45, 7) is 4.77. The van der Waals surface area contributed by atoms with Gasteiger partial charge in [0.05, 0.1) is 17.6 Å². The Bertz CT molecular complexity index is 507. The molecule has 4 nitrogen and oxygen atoms in total. The van der Waals surface area contributed by atoms with E-state index in [-0.39, 0.29) is 0 Å². The van der Waals surface area contributed by atoms with Crippen molar-refractivity contribution in [2.24, 2.45) is 0 Å². The highest BCUT2D eigenvalue weighted by Crippen LogP contribution is 2.13. The lowest BCUT2D eigenvalue weighted by molar-refractivity contribution is 0.177. The van der Waals surface area contributed by atoms with Crippen LogP contribution in [0, 0.1) is 6.92 Å². The van der Waals surface area contributed by atoms with E-state index in [4.69, 9.17) is 4.74 Å². The predicted molar refractivity (Wildman–Crippen MR) is 73.7 cm³/mol. The largest absolute Gasteiger partial charge is 0.385 e. The van der Waals surface area contributed by atoms with E-state index in [2.05, 4.69) is 47.0 Å². The van der Waals surface area contributed by atoms with Gasteiger partial charge in [-0.2, -0.15) is 0 Å². The van der Waals surface area contributed by atoms with Crippen molar-refractivity contribution in [1.29, 1.82) is 0 Å². The fraction of sp³-hybridized carbons (Fsp3) is 0.500. The van der Waals surface area contributed by atoms with Crippen LogP contribution < -0.4 is 0 Å². The Morgan fingerprint density at radius 3 is 3.00 bits per heavy atom. The zero-order valence-electron chi connectivity index (χ0n) is 11.4. The SMILES string of the molecule is COCCCN(C)Cc1nc2ccc(C)cc2[nH]1. The van der Waals surface area contributed by atoms with Gasteiger partial charge in [-0.25, -0.2) is 4.98 Å².